The number of hydrogen-bond donors (Lipinski definition) is 6. The molecule has 2 saturated carbocycles. The number of alkyl halides is 5. The molecule has 6 N–H and O–H groups in total. The molecule has 2 aliphatic carbocycles. The van der Waals surface area contributed by atoms with Gasteiger partial charge in [-0.25, -0.2) is 8.78 Å². The maximum atomic E-state index is 13.2. The number of carbonyl (C=O) groups is 1. The van der Waals surface area contributed by atoms with Gasteiger partial charge >= 0.3 is 6.18 Å². The fourth-order valence-corrected chi connectivity index (χ4v) is 4.69. The summed E-state index contributed by atoms with van der Waals surface area (Å²) in [6.45, 7) is -0.359. The number of anilines is 3. The van der Waals surface area contributed by atoms with Gasteiger partial charge in [0.2, 0.25) is 5.91 Å². The lowest BCUT2D eigenvalue weighted by Crippen LogP contribution is -2.40. The number of carbonyl (C=O) groups excluding carboxylic acids is 1. The number of ether oxygens (including phenoxy) is 1. The number of rotatable bonds is 12. The molecule has 0 saturated heterocycles. The highest BCUT2D eigenvalue weighted by Gasteiger charge is 2.68. The van der Waals surface area contributed by atoms with Gasteiger partial charge in [0.15, 0.2) is 6.29 Å². The summed E-state index contributed by atoms with van der Waals surface area (Å²) in [6, 6.07) is 7.89. The lowest BCUT2D eigenvalue weighted by molar-refractivity contribution is -0.192. The van der Waals surface area contributed by atoms with Crippen LogP contribution in [0, 0.1) is 11.3 Å². The number of halogens is 6. The lowest BCUT2D eigenvalue weighted by Gasteiger charge is -2.20. The van der Waals surface area contributed by atoms with Gasteiger partial charge in [0.25, 0.3) is 6.43 Å². The van der Waals surface area contributed by atoms with Gasteiger partial charge < -0.3 is 31.1 Å². The molecule has 0 aromatic heterocycles. The summed E-state index contributed by atoms with van der Waals surface area (Å²) in [6.07, 6.45) is -7.33. The third-order valence-electron chi connectivity index (χ3n) is 7.22. The Kier molecular flexibility index (Phi) is 7.90. The van der Waals surface area contributed by atoms with Gasteiger partial charge in [0.1, 0.15) is 24.0 Å². The Bertz CT molecular complexity index is 1260. The third kappa shape index (κ3) is 6.31. The van der Waals surface area contributed by atoms with Crippen molar-refractivity contribution in [1.29, 1.82) is 0 Å². The van der Waals surface area contributed by atoms with E-state index in [0.29, 0.717) is 45.7 Å². The summed E-state index contributed by atoms with van der Waals surface area (Å²) in [5, 5.41) is 25.8. The fraction of sp³-hybridized carbons (Fsp3) is 0.500. The SMILES string of the molecule is O=C(NCc1ccc(Cl)c(NC2Nc3cc(OCC(F)F)c(C(O)NCC4CC4)cc3N2)c1)C1(C(F)(F)F)CC1. The van der Waals surface area contributed by atoms with Crippen LogP contribution >= 0.6 is 11.6 Å². The Morgan fingerprint density at radius 1 is 1.15 bits per heavy atom. The Labute approximate surface area is 232 Å². The van der Waals surface area contributed by atoms with E-state index in [0.717, 1.165) is 12.8 Å². The summed E-state index contributed by atoms with van der Waals surface area (Å²) in [5.74, 6) is -0.461. The predicted octanol–water partition coefficient (Wildman–Crippen LogP) is 5.17. The van der Waals surface area contributed by atoms with Crippen LogP contribution in [0.25, 0.3) is 0 Å². The van der Waals surface area contributed by atoms with E-state index in [9.17, 15) is 31.9 Å². The van der Waals surface area contributed by atoms with Crippen LogP contribution in [0.1, 0.15) is 43.0 Å². The molecule has 218 valence electrons. The molecular formula is C26H29ClF5N5O3. The molecule has 5 rings (SSSR count). The number of amides is 1. The van der Waals surface area contributed by atoms with Crippen molar-refractivity contribution >= 4 is 34.6 Å². The van der Waals surface area contributed by atoms with Gasteiger partial charge in [-0.1, -0.05) is 17.7 Å². The highest BCUT2D eigenvalue weighted by Crippen LogP contribution is 2.57. The third-order valence-corrected chi connectivity index (χ3v) is 7.55. The maximum Gasteiger partial charge on any atom is 0.403 e. The monoisotopic (exact) mass is 589 g/mol. The molecule has 1 amide bonds. The largest absolute Gasteiger partial charge is 0.487 e. The van der Waals surface area contributed by atoms with Crippen molar-refractivity contribution in [2.24, 2.45) is 11.3 Å². The van der Waals surface area contributed by atoms with Crippen LogP contribution in [0.2, 0.25) is 5.02 Å². The van der Waals surface area contributed by atoms with Crippen LogP contribution in [0.5, 0.6) is 5.75 Å². The maximum absolute atomic E-state index is 13.2. The molecule has 1 aliphatic heterocycles. The molecule has 0 radical (unpaired) electrons. The number of aliphatic hydroxyl groups is 1. The first-order valence-corrected chi connectivity index (χ1v) is 13.3. The van der Waals surface area contributed by atoms with Crippen molar-refractivity contribution in [2.75, 3.05) is 29.1 Å². The quantitative estimate of drug-likeness (QED) is 0.150. The van der Waals surface area contributed by atoms with E-state index in [2.05, 4.69) is 26.6 Å². The first-order chi connectivity index (χ1) is 18.9. The second-order valence-corrected chi connectivity index (χ2v) is 10.7. The van der Waals surface area contributed by atoms with Crippen LogP contribution in [0.3, 0.4) is 0 Å². The average molecular weight is 590 g/mol. The van der Waals surface area contributed by atoms with Crippen LogP contribution < -0.4 is 31.3 Å². The summed E-state index contributed by atoms with van der Waals surface area (Å²) in [4.78, 5) is 12.2. The number of hydrogen-bond acceptors (Lipinski definition) is 7. The molecule has 14 heteroatoms. The van der Waals surface area contributed by atoms with Crippen molar-refractivity contribution in [3.63, 3.8) is 0 Å². The molecule has 2 atom stereocenters. The first-order valence-electron chi connectivity index (χ1n) is 12.9. The van der Waals surface area contributed by atoms with E-state index in [1.54, 1.807) is 24.3 Å². The number of fused-ring (bicyclic) bond motifs is 1. The van der Waals surface area contributed by atoms with Crippen molar-refractivity contribution in [1.82, 2.24) is 10.6 Å². The van der Waals surface area contributed by atoms with Gasteiger partial charge in [-0.05, 0) is 55.4 Å². The molecule has 0 bridgehead atoms. The Morgan fingerprint density at radius 3 is 2.48 bits per heavy atom. The second kappa shape index (κ2) is 11.1. The number of nitrogens with one attached hydrogen (secondary N) is 5. The van der Waals surface area contributed by atoms with Crippen molar-refractivity contribution in [2.45, 2.75) is 57.3 Å². The number of benzene rings is 2. The highest BCUT2D eigenvalue weighted by atomic mass is 35.5. The van der Waals surface area contributed by atoms with Crippen molar-refractivity contribution in [3.05, 3.63) is 46.5 Å². The molecule has 0 spiro atoms. The Balaban J connectivity index is 1.25. The van der Waals surface area contributed by atoms with Gasteiger partial charge in [-0.3, -0.25) is 10.1 Å². The highest BCUT2D eigenvalue weighted by molar-refractivity contribution is 6.33. The minimum Gasteiger partial charge on any atom is -0.487 e. The van der Waals surface area contributed by atoms with Gasteiger partial charge in [0.05, 0.1) is 22.1 Å². The van der Waals surface area contributed by atoms with E-state index < -0.39 is 43.0 Å². The molecule has 2 fully saturated rings. The molecule has 2 unspecified atom stereocenters. The zero-order valence-corrected chi connectivity index (χ0v) is 21.9. The standard InChI is InChI=1S/C26H29ClF5N5O3/c27-16-4-3-14(11-34-23(39)25(5-6-25)26(30,31)32)7-17(16)35-24-36-18-8-15(22(38)33-10-13-1-2-13)20(9-19(18)37-24)40-12-21(28)29/h3-4,7-9,13,21-22,24,33,35-38H,1-2,5-6,10-12H2,(H,34,39). The first kappa shape index (κ1) is 28.5. The van der Waals surface area contributed by atoms with E-state index >= 15 is 0 Å². The smallest absolute Gasteiger partial charge is 0.403 e. The predicted molar refractivity (Wildman–Crippen MR) is 139 cm³/mol. The normalized spacial score (nSPS) is 19.9. The van der Waals surface area contributed by atoms with Gasteiger partial charge in [0, 0.05) is 24.7 Å². The zero-order valence-electron chi connectivity index (χ0n) is 21.2. The molecule has 40 heavy (non-hydrogen) atoms. The molecule has 2 aromatic carbocycles. The van der Waals surface area contributed by atoms with Crippen LogP contribution in [-0.4, -0.2) is 43.1 Å². The minimum atomic E-state index is -4.59. The molecular weight excluding hydrogens is 561 g/mol. The Hall–Kier alpha value is -3.03. The van der Waals surface area contributed by atoms with E-state index in [-0.39, 0.29) is 25.1 Å². The summed E-state index contributed by atoms with van der Waals surface area (Å²) in [5.41, 5.74) is 0.0686. The van der Waals surface area contributed by atoms with Crippen LogP contribution in [0.15, 0.2) is 30.3 Å². The molecule has 8 nitrogen and oxygen atoms in total. The minimum absolute atomic E-state index is 0.104. The van der Waals surface area contributed by atoms with E-state index in [1.165, 1.54) is 6.07 Å². The topological polar surface area (TPSA) is 107 Å². The van der Waals surface area contributed by atoms with Crippen LogP contribution in [0.4, 0.5) is 39.0 Å². The van der Waals surface area contributed by atoms with Crippen molar-refractivity contribution < 1.29 is 36.6 Å². The van der Waals surface area contributed by atoms with Gasteiger partial charge in [-0.15, -0.1) is 0 Å². The van der Waals surface area contributed by atoms with E-state index in [1.807, 2.05) is 0 Å². The summed E-state index contributed by atoms with van der Waals surface area (Å²) < 4.78 is 70.6. The number of aliphatic hydroxyl groups excluding tert-OH is 1. The fourth-order valence-electron chi connectivity index (χ4n) is 4.52. The average Bonchev–Trinajstić information content (AvgIpc) is 3.82. The molecule has 2 aromatic rings. The second-order valence-electron chi connectivity index (χ2n) is 10.3. The molecule has 1 heterocycles. The van der Waals surface area contributed by atoms with Crippen molar-refractivity contribution in [3.8, 4) is 5.75 Å². The zero-order chi connectivity index (χ0) is 28.7. The van der Waals surface area contributed by atoms with Gasteiger partial charge in [-0.2, -0.15) is 13.2 Å². The summed E-state index contributed by atoms with van der Waals surface area (Å²) >= 11 is 6.33. The molecule has 3 aliphatic rings. The summed E-state index contributed by atoms with van der Waals surface area (Å²) in [7, 11) is 0. The lowest BCUT2D eigenvalue weighted by atomic mass is 10.1. The van der Waals surface area contributed by atoms with Crippen LogP contribution in [-0.2, 0) is 11.3 Å². The Morgan fingerprint density at radius 2 is 1.85 bits per heavy atom. The van der Waals surface area contributed by atoms with E-state index in [4.69, 9.17) is 16.3 Å².